The molecule has 2 aliphatic rings. The fraction of sp³-hybridized carbons (Fsp3) is 0.283. The van der Waals surface area contributed by atoms with Gasteiger partial charge in [-0.2, -0.15) is 0 Å². The van der Waals surface area contributed by atoms with Crippen LogP contribution in [0, 0.1) is 5.92 Å². The van der Waals surface area contributed by atoms with Crippen molar-refractivity contribution in [3.8, 4) is 5.75 Å². The van der Waals surface area contributed by atoms with Crippen molar-refractivity contribution < 1.29 is 29.0 Å². The smallest absolute Gasteiger partial charge is 0.264 e. The zero-order valence-electron chi connectivity index (χ0n) is 32.9. The zero-order chi connectivity index (χ0) is 40.3. The maximum Gasteiger partial charge on any atom is 0.264 e. The molecule has 0 saturated carbocycles. The van der Waals surface area contributed by atoms with Gasteiger partial charge in [-0.25, -0.2) is 0 Å². The first-order chi connectivity index (χ1) is 27.5. The molecule has 10 nitrogen and oxygen atoms in total. The minimum absolute atomic E-state index is 0.0647. The molecule has 3 amide bonds. The normalized spacial score (nSPS) is 20.1. The molecule has 0 aromatic heterocycles. The monoisotopic (exact) mass is 782 g/mol. The van der Waals surface area contributed by atoms with Gasteiger partial charge >= 0.3 is 0 Å². The van der Waals surface area contributed by atoms with Crippen molar-refractivity contribution in [1.82, 2.24) is 4.90 Å². The predicted molar refractivity (Wildman–Crippen MR) is 226 cm³/mol. The number of ether oxygens (including phenoxy) is 2. The Bertz CT molecular complexity index is 2220. The van der Waals surface area contributed by atoms with Crippen LogP contribution in [0.2, 0.25) is 18.6 Å². The van der Waals surface area contributed by atoms with Gasteiger partial charge in [0, 0.05) is 41.5 Å². The van der Waals surface area contributed by atoms with Crippen LogP contribution in [0.15, 0.2) is 127 Å². The minimum atomic E-state index is -2.50. The summed E-state index contributed by atoms with van der Waals surface area (Å²) in [5, 5.41) is 14.1. The number of nitrogens with one attached hydrogen (secondary N) is 1. The molecule has 0 bridgehead atoms. The van der Waals surface area contributed by atoms with Crippen LogP contribution in [-0.4, -0.2) is 62.2 Å². The Morgan fingerprint density at radius 3 is 2.23 bits per heavy atom. The molecule has 2 heterocycles. The third-order valence-corrected chi connectivity index (χ3v) is 16.1. The Labute approximate surface area is 335 Å². The molecule has 7 rings (SSSR count). The van der Waals surface area contributed by atoms with Gasteiger partial charge in [-0.1, -0.05) is 98.0 Å². The Balaban J connectivity index is 1.20. The van der Waals surface area contributed by atoms with Crippen LogP contribution in [0.3, 0.4) is 0 Å². The molecule has 1 saturated heterocycles. The third-order valence-electron chi connectivity index (χ3n) is 11.8. The van der Waals surface area contributed by atoms with Crippen molar-refractivity contribution in [2.24, 2.45) is 5.92 Å². The Morgan fingerprint density at radius 1 is 0.895 bits per heavy atom. The number of carbonyl (C=O) groups is 3. The van der Waals surface area contributed by atoms with Gasteiger partial charge in [0.05, 0.1) is 46.5 Å². The first-order valence-electron chi connectivity index (χ1n) is 19.4. The number of carbonyl (C=O) groups excluding carboxylic acids is 3. The summed E-state index contributed by atoms with van der Waals surface area (Å²) in [6, 6.07) is 39.9. The van der Waals surface area contributed by atoms with E-state index in [2.05, 4.69) is 37.5 Å². The van der Waals surface area contributed by atoms with Crippen LogP contribution < -0.4 is 25.9 Å². The number of anilines is 3. The number of nitrogens with two attached hydrogens (primary N) is 1. The van der Waals surface area contributed by atoms with Gasteiger partial charge in [0.1, 0.15) is 5.75 Å². The zero-order valence-corrected chi connectivity index (χ0v) is 33.9. The lowest BCUT2D eigenvalue weighted by Crippen LogP contribution is -2.52. The van der Waals surface area contributed by atoms with E-state index in [1.54, 1.807) is 41.2 Å². The van der Waals surface area contributed by atoms with Gasteiger partial charge in [0.15, 0.2) is 5.60 Å². The van der Waals surface area contributed by atoms with Gasteiger partial charge in [-0.3, -0.25) is 14.4 Å². The predicted octanol–water partition coefficient (Wildman–Crippen LogP) is 6.70. The molecule has 0 aliphatic carbocycles. The number of nitrogen functional groups attached to an aromatic ring is 1. The third kappa shape index (κ3) is 7.70. The molecule has 57 heavy (non-hydrogen) atoms. The molecule has 0 radical (unpaired) electrons. The van der Waals surface area contributed by atoms with Crippen molar-refractivity contribution in [3.63, 3.8) is 0 Å². The van der Waals surface area contributed by atoms with Gasteiger partial charge in [0.25, 0.3) is 11.8 Å². The summed E-state index contributed by atoms with van der Waals surface area (Å²) in [5.74, 6) is -0.0671. The quantitative estimate of drug-likeness (QED) is 0.0894. The van der Waals surface area contributed by atoms with Crippen LogP contribution in [0.5, 0.6) is 5.75 Å². The second kappa shape index (κ2) is 16.4. The van der Waals surface area contributed by atoms with Crippen molar-refractivity contribution in [1.29, 1.82) is 0 Å². The molecule has 11 heteroatoms. The fourth-order valence-electron chi connectivity index (χ4n) is 8.86. The number of benzene rings is 5. The lowest BCUT2D eigenvalue weighted by atomic mass is 9.82. The highest BCUT2D eigenvalue weighted by molar-refractivity contribution is 6.91. The van der Waals surface area contributed by atoms with E-state index in [-0.39, 0.29) is 55.3 Å². The first-order valence-corrected chi connectivity index (χ1v) is 22.5. The summed E-state index contributed by atoms with van der Waals surface area (Å²) in [6.07, 6.45) is -0.510. The number of fused-ring (bicyclic) bond motifs is 2. The minimum Gasteiger partial charge on any atom is -0.497 e. The number of rotatable bonds is 13. The van der Waals surface area contributed by atoms with E-state index in [0.717, 1.165) is 28.1 Å². The Morgan fingerprint density at radius 2 is 1.56 bits per heavy atom. The molecule has 4 N–H and O–H groups in total. The second-order valence-corrected chi connectivity index (χ2v) is 20.3. The van der Waals surface area contributed by atoms with Crippen LogP contribution >= 0.6 is 0 Å². The Hall–Kier alpha value is -5.75. The largest absolute Gasteiger partial charge is 0.497 e. The van der Waals surface area contributed by atoms with Crippen LogP contribution in [0.1, 0.15) is 40.4 Å². The molecule has 1 spiro atoms. The first kappa shape index (κ1) is 39.5. The summed E-state index contributed by atoms with van der Waals surface area (Å²) >= 11 is 0. The highest BCUT2D eigenvalue weighted by atomic mass is 28.3. The van der Waals surface area contributed by atoms with Crippen LogP contribution in [0.4, 0.5) is 17.1 Å². The summed E-state index contributed by atoms with van der Waals surface area (Å²) < 4.78 is 12.7. The van der Waals surface area contributed by atoms with Gasteiger partial charge in [0.2, 0.25) is 5.91 Å². The summed E-state index contributed by atoms with van der Waals surface area (Å²) in [5.41, 5.74) is 9.45. The van der Waals surface area contributed by atoms with Crippen molar-refractivity contribution in [3.05, 3.63) is 150 Å². The number of amides is 3. The lowest BCUT2D eigenvalue weighted by molar-refractivity contribution is -0.150. The Kier molecular flexibility index (Phi) is 11.3. The standard InChI is InChI=1S/C46H50N4O6Si/c1-31-43(57(3,4)38-24-22-37(55-2)23-25-38)41(28-42(52)49(26-27-51)29-32-10-6-5-7-11-32)56-46(31)39-12-8-9-13-40(39)50(45(46)54)30-33-14-20-36(21-15-33)48-44(53)34-16-18-35(47)19-17-34/h5-25,31,41,43,51H,26-30,47H2,1-4H3,(H,48,53)/t31-,41+,43-,46+/m0/s1. The number of nitrogens with zero attached hydrogens (tertiary/aromatic N) is 2. The second-order valence-electron chi connectivity index (χ2n) is 15.6. The van der Waals surface area contributed by atoms with Gasteiger partial charge in [-0.05, 0) is 71.3 Å². The van der Waals surface area contributed by atoms with E-state index in [0.29, 0.717) is 23.5 Å². The molecular formula is C46H50N4O6Si. The van der Waals surface area contributed by atoms with E-state index in [1.165, 1.54) is 5.19 Å². The van der Waals surface area contributed by atoms with E-state index in [4.69, 9.17) is 15.2 Å². The van der Waals surface area contributed by atoms with Crippen LogP contribution in [0.25, 0.3) is 0 Å². The van der Waals surface area contributed by atoms with E-state index < -0.39 is 19.8 Å². The maximum absolute atomic E-state index is 15.2. The fourth-order valence-corrected chi connectivity index (χ4v) is 12.9. The van der Waals surface area contributed by atoms with E-state index in [1.807, 2.05) is 91.0 Å². The summed E-state index contributed by atoms with van der Waals surface area (Å²) in [4.78, 5) is 45.9. The average Bonchev–Trinajstić information content (AvgIpc) is 3.65. The van der Waals surface area contributed by atoms with Gasteiger partial charge in [-0.15, -0.1) is 0 Å². The maximum atomic E-state index is 15.2. The SMILES string of the molecule is COc1ccc([Si](C)(C)[C@@H]2[C@@H](CC(=O)N(CCO)Cc3ccccc3)O[C@]3(C(=O)N(Cc4ccc(NC(=O)c5ccc(N)cc5)cc4)c4ccccc43)[C@H]2C)cc1. The highest BCUT2D eigenvalue weighted by Gasteiger charge is 2.66. The number of methoxy groups -OCH3 is 1. The van der Waals surface area contributed by atoms with Gasteiger partial charge < -0.3 is 35.4 Å². The number of aliphatic hydroxyl groups is 1. The molecule has 5 aromatic carbocycles. The molecule has 5 aromatic rings. The molecular weight excluding hydrogens is 733 g/mol. The summed E-state index contributed by atoms with van der Waals surface area (Å²) in [7, 11) is -0.856. The van der Waals surface area contributed by atoms with Crippen LogP contribution in [-0.2, 0) is 33.0 Å². The summed E-state index contributed by atoms with van der Waals surface area (Å²) in [6.45, 7) is 7.36. The molecule has 2 aliphatic heterocycles. The lowest BCUT2D eigenvalue weighted by Gasteiger charge is -2.37. The number of aliphatic hydroxyl groups excluding tert-OH is 1. The number of hydrogen-bond donors (Lipinski definition) is 3. The highest BCUT2D eigenvalue weighted by Crippen LogP contribution is 2.60. The molecule has 4 atom stereocenters. The average molecular weight is 783 g/mol. The van der Waals surface area contributed by atoms with Crippen molar-refractivity contribution in [2.75, 3.05) is 36.2 Å². The van der Waals surface area contributed by atoms with E-state index >= 15 is 4.79 Å². The molecule has 0 unspecified atom stereocenters. The number of para-hydroxylation sites is 1. The number of hydrogen-bond acceptors (Lipinski definition) is 7. The molecule has 294 valence electrons. The van der Waals surface area contributed by atoms with Crippen molar-refractivity contribution in [2.45, 2.75) is 56.8 Å². The molecule has 1 fully saturated rings. The topological polar surface area (TPSA) is 134 Å². The van der Waals surface area contributed by atoms with Crippen molar-refractivity contribution >= 4 is 48.0 Å². The van der Waals surface area contributed by atoms with E-state index in [9.17, 15) is 14.7 Å².